The zero-order chi connectivity index (χ0) is 11.8. The lowest BCUT2D eigenvalue weighted by atomic mass is 10.2. The first-order valence-electron chi connectivity index (χ1n) is 5.47. The van der Waals surface area contributed by atoms with Crippen LogP contribution in [0.1, 0.15) is 18.9 Å². The molecule has 0 amide bonds. The molecular formula is C12H18FNO2. The molecule has 0 aliphatic heterocycles. The molecule has 1 rings (SSSR count). The van der Waals surface area contributed by atoms with Crippen molar-refractivity contribution in [2.45, 2.75) is 19.9 Å². The van der Waals surface area contributed by atoms with Gasteiger partial charge in [0.1, 0.15) is 11.6 Å². The summed E-state index contributed by atoms with van der Waals surface area (Å²) in [6, 6.07) is 4.74. The maximum Gasteiger partial charge on any atom is 0.131 e. The van der Waals surface area contributed by atoms with Gasteiger partial charge in [-0.25, -0.2) is 4.39 Å². The Balaban J connectivity index is 2.34. The third kappa shape index (κ3) is 4.16. The molecule has 0 aromatic heterocycles. The number of hydrogen-bond donors (Lipinski definition) is 1. The van der Waals surface area contributed by atoms with Crippen molar-refractivity contribution in [1.29, 1.82) is 0 Å². The predicted octanol–water partition coefficient (Wildman–Crippen LogP) is 2.09. The van der Waals surface area contributed by atoms with Crippen LogP contribution in [0.4, 0.5) is 4.39 Å². The van der Waals surface area contributed by atoms with Crippen molar-refractivity contribution >= 4 is 0 Å². The lowest BCUT2D eigenvalue weighted by Gasteiger charge is -2.07. The molecule has 0 bridgehead atoms. The summed E-state index contributed by atoms with van der Waals surface area (Å²) in [7, 11) is 0. The minimum absolute atomic E-state index is 0.205. The summed E-state index contributed by atoms with van der Waals surface area (Å²) in [5.41, 5.74) is 5.86. The van der Waals surface area contributed by atoms with Gasteiger partial charge in [0.25, 0.3) is 0 Å². The molecule has 0 spiro atoms. The quantitative estimate of drug-likeness (QED) is 0.725. The largest absolute Gasteiger partial charge is 0.493 e. The van der Waals surface area contributed by atoms with E-state index in [2.05, 4.69) is 0 Å². The van der Waals surface area contributed by atoms with Gasteiger partial charge in [-0.05, 0) is 13.0 Å². The van der Waals surface area contributed by atoms with E-state index in [9.17, 15) is 4.39 Å². The van der Waals surface area contributed by atoms with E-state index in [-0.39, 0.29) is 12.4 Å². The summed E-state index contributed by atoms with van der Waals surface area (Å²) in [4.78, 5) is 0. The van der Waals surface area contributed by atoms with Gasteiger partial charge in [-0.15, -0.1) is 0 Å². The molecule has 0 heterocycles. The fourth-order valence-electron chi connectivity index (χ4n) is 1.28. The average Bonchev–Trinajstić information content (AvgIpc) is 2.29. The van der Waals surface area contributed by atoms with E-state index in [0.717, 1.165) is 6.42 Å². The fraction of sp³-hybridized carbons (Fsp3) is 0.500. The van der Waals surface area contributed by atoms with Crippen LogP contribution in [0.3, 0.4) is 0 Å². The van der Waals surface area contributed by atoms with E-state index in [0.29, 0.717) is 31.1 Å². The third-order valence-electron chi connectivity index (χ3n) is 2.15. The molecule has 0 aliphatic carbocycles. The van der Waals surface area contributed by atoms with Crippen molar-refractivity contribution in [3.05, 3.63) is 29.6 Å². The minimum Gasteiger partial charge on any atom is -0.493 e. The second-order valence-electron chi connectivity index (χ2n) is 3.36. The van der Waals surface area contributed by atoms with E-state index in [4.69, 9.17) is 15.2 Å². The smallest absolute Gasteiger partial charge is 0.131 e. The molecule has 0 unspecified atom stereocenters. The lowest BCUT2D eigenvalue weighted by Crippen LogP contribution is -2.04. The first kappa shape index (κ1) is 12.9. The Labute approximate surface area is 95.4 Å². The minimum atomic E-state index is -0.315. The van der Waals surface area contributed by atoms with Crippen LogP contribution < -0.4 is 10.5 Å². The normalized spacial score (nSPS) is 10.4. The summed E-state index contributed by atoms with van der Waals surface area (Å²) in [5.74, 6) is 0.219. The summed E-state index contributed by atoms with van der Waals surface area (Å²) < 4.78 is 23.8. The Morgan fingerprint density at radius 3 is 2.75 bits per heavy atom. The van der Waals surface area contributed by atoms with Crippen molar-refractivity contribution < 1.29 is 13.9 Å². The summed E-state index contributed by atoms with van der Waals surface area (Å²) in [6.45, 7) is 4.05. The number of nitrogens with two attached hydrogens (primary N) is 1. The van der Waals surface area contributed by atoms with Gasteiger partial charge >= 0.3 is 0 Å². The highest BCUT2D eigenvalue weighted by molar-refractivity contribution is 5.28. The lowest BCUT2D eigenvalue weighted by molar-refractivity contribution is 0.131. The van der Waals surface area contributed by atoms with Gasteiger partial charge in [0, 0.05) is 37.8 Å². The second kappa shape index (κ2) is 7.19. The Morgan fingerprint density at radius 1 is 1.31 bits per heavy atom. The van der Waals surface area contributed by atoms with E-state index in [1.165, 1.54) is 6.07 Å². The van der Waals surface area contributed by atoms with Gasteiger partial charge < -0.3 is 15.2 Å². The van der Waals surface area contributed by atoms with E-state index in [1.54, 1.807) is 12.1 Å². The Hall–Kier alpha value is -1.13. The van der Waals surface area contributed by atoms with Gasteiger partial charge in [0.15, 0.2) is 0 Å². The topological polar surface area (TPSA) is 44.5 Å². The van der Waals surface area contributed by atoms with Crippen LogP contribution in [0.25, 0.3) is 0 Å². The van der Waals surface area contributed by atoms with Gasteiger partial charge in [-0.3, -0.25) is 0 Å². The molecule has 0 radical (unpaired) electrons. The number of ether oxygens (including phenoxy) is 2. The third-order valence-corrected chi connectivity index (χ3v) is 2.15. The highest BCUT2D eigenvalue weighted by Gasteiger charge is 2.02. The van der Waals surface area contributed by atoms with Crippen LogP contribution >= 0.6 is 0 Å². The zero-order valence-corrected chi connectivity index (χ0v) is 9.54. The van der Waals surface area contributed by atoms with Crippen LogP contribution in [-0.2, 0) is 11.3 Å². The molecule has 1 aromatic rings. The SMILES string of the molecule is CCOCCCOc1ccc(CN)c(F)c1. The van der Waals surface area contributed by atoms with Crippen LogP contribution in [-0.4, -0.2) is 19.8 Å². The molecule has 0 saturated heterocycles. The molecule has 0 aliphatic rings. The molecular weight excluding hydrogens is 209 g/mol. The Kier molecular flexibility index (Phi) is 5.82. The van der Waals surface area contributed by atoms with Crippen LogP contribution in [0.2, 0.25) is 0 Å². The molecule has 4 heteroatoms. The standard InChI is InChI=1S/C12H18FNO2/c1-2-15-6-3-7-16-11-5-4-10(9-14)12(13)8-11/h4-5,8H,2-3,6-7,9,14H2,1H3. The van der Waals surface area contributed by atoms with Crippen molar-refractivity contribution in [1.82, 2.24) is 0 Å². The predicted molar refractivity (Wildman–Crippen MR) is 60.9 cm³/mol. The van der Waals surface area contributed by atoms with Gasteiger partial charge in [0.05, 0.1) is 6.61 Å². The molecule has 90 valence electrons. The number of halogens is 1. The zero-order valence-electron chi connectivity index (χ0n) is 9.54. The molecule has 2 N–H and O–H groups in total. The highest BCUT2D eigenvalue weighted by Crippen LogP contribution is 2.16. The van der Waals surface area contributed by atoms with Gasteiger partial charge in [-0.1, -0.05) is 6.07 Å². The number of rotatable bonds is 7. The molecule has 0 atom stereocenters. The van der Waals surface area contributed by atoms with E-state index < -0.39 is 0 Å². The number of benzene rings is 1. The fourth-order valence-corrected chi connectivity index (χ4v) is 1.28. The van der Waals surface area contributed by atoms with E-state index >= 15 is 0 Å². The summed E-state index contributed by atoms with van der Waals surface area (Å²) >= 11 is 0. The van der Waals surface area contributed by atoms with Crippen LogP contribution in [0.5, 0.6) is 5.75 Å². The summed E-state index contributed by atoms with van der Waals surface area (Å²) in [6.07, 6.45) is 0.800. The van der Waals surface area contributed by atoms with Crippen LogP contribution in [0.15, 0.2) is 18.2 Å². The first-order valence-corrected chi connectivity index (χ1v) is 5.47. The molecule has 1 aromatic carbocycles. The monoisotopic (exact) mass is 227 g/mol. The van der Waals surface area contributed by atoms with Gasteiger partial charge in [0.2, 0.25) is 0 Å². The molecule has 16 heavy (non-hydrogen) atoms. The van der Waals surface area contributed by atoms with E-state index in [1.807, 2.05) is 6.92 Å². The summed E-state index contributed by atoms with van der Waals surface area (Å²) in [5, 5.41) is 0. The maximum atomic E-state index is 13.3. The van der Waals surface area contributed by atoms with Crippen molar-refractivity contribution in [2.24, 2.45) is 5.73 Å². The molecule has 0 fully saturated rings. The van der Waals surface area contributed by atoms with Crippen molar-refractivity contribution in [3.63, 3.8) is 0 Å². The Morgan fingerprint density at radius 2 is 2.12 bits per heavy atom. The Bertz CT molecular complexity index is 318. The van der Waals surface area contributed by atoms with Crippen molar-refractivity contribution in [3.8, 4) is 5.75 Å². The van der Waals surface area contributed by atoms with Gasteiger partial charge in [-0.2, -0.15) is 0 Å². The number of hydrogen-bond acceptors (Lipinski definition) is 3. The van der Waals surface area contributed by atoms with Crippen molar-refractivity contribution in [2.75, 3.05) is 19.8 Å². The maximum absolute atomic E-state index is 13.3. The van der Waals surface area contributed by atoms with Crippen LogP contribution in [0, 0.1) is 5.82 Å². The second-order valence-corrected chi connectivity index (χ2v) is 3.36. The highest BCUT2D eigenvalue weighted by atomic mass is 19.1. The molecule has 0 saturated carbocycles. The average molecular weight is 227 g/mol. The first-order chi connectivity index (χ1) is 7.77. The molecule has 3 nitrogen and oxygen atoms in total.